The molecule has 11 heteroatoms. The van der Waals surface area contributed by atoms with Crippen molar-refractivity contribution in [3.05, 3.63) is 34.6 Å². The van der Waals surface area contributed by atoms with Gasteiger partial charge in [-0.1, -0.05) is 6.92 Å². The number of carbonyl (C=O) groups is 1. The van der Waals surface area contributed by atoms with Crippen molar-refractivity contribution in [1.29, 1.82) is 5.39 Å². The second-order valence-corrected chi connectivity index (χ2v) is 6.48. The fourth-order valence-electron chi connectivity index (χ4n) is 1.83. The van der Waals surface area contributed by atoms with Gasteiger partial charge in [0.2, 0.25) is 5.39 Å². The molecule has 0 bridgehead atoms. The van der Waals surface area contributed by atoms with Crippen molar-refractivity contribution >= 4 is 13.6 Å². The minimum absolute atomic E-state index is 0.0231. The van der Waals surface area contributed by atoms with E-state index < -0.39 is 13.9 Å². The van der Waals surface area contributed by atoms with E-state index in [4.69, 9.17) is 5.39 Å². The molecule has 4 nitrogen and oxygen atoms in total. The molecule has 0 aromatic carbocycles. The number of pyridine rings is 1. The van der Waals surface area contributed by atoms with Crippen molar-refractivity contribution < 1.29 is 30.0 Å². The number of ketones is 1. The summed E-state index contributed by atoms with van der Waals surface area (Å²) in [4.78, 5) is 19.0. The molecule has 1 aliphatic rings. The van der Waals surface area contributed by atoms with E-state index in [1.807, 2.05) is 6.92 Å². The number of aromatic nitrogens is 1. The van der Waals surface area contributed by atoms with Gasteiger partial charge in [-0.3, -0.25) is 9.78 Å². The van der Waals surface area contributed by atoms with Gasteiger partial charge in [0.25, 0.3) is 5.78 Å². The maximum absolute atomic E-state index is 11.8. The zero-order valence-electron chi connectivity index (χ0n) is 10.6. The molecule has 0 amide bonds. The molecule has 0 fully saturated rings. The summed E-state index contributed by atoms with van der Waals surface area (Å²) in [6.45, 7) is 1.89. The quantitative estimate of drug-likeness (QED) is 0.379. The molecule has 0 saturated carbocycles. The first-order chi connectivity index (χ1) is 9.19. The van der Waals surface area contributed by atoms with Crippen molar-refractivity contribution in [2.75, 3.05) is 0 Å². The number of nitrogens with zero attached hydrogens (tertiary/aromatic N) is 3. The second-order valence-electron chi connectivity index (χ2n) is 4.56. The van der Waals surface area contributed by atoms with Crippen LogP contribution in [0.3, 0.4) is 0 Å². The third-order valence-electron chi connectivity index (χ3n) is 2.60. The molecular weight excluding hydrogens is 323 g/mol. The van der Waals surface area contributed by atoms with Gasteiger partial charge >= 0.3 is 39.0 Å². The average molecular weight is 333 g/mol. The van der Waals surface area contributed by atoms with E-state index in [2.05, 4.69) is 9.96 Å². The Balaban J connectivity index is 0.000000270. The molecule has 1 aromatic heterocycles. The van der Waals surface area contributed by atoms with E-state index in [1.165, 1.54) is 0 Å². The zero-order chi connectivity index (χ0) is 16.5. The SMILES string of the molecule is CC1Cc2ncccc2C(=O)C1[N+]#N.F[P-](F)(F)(F)(F)F. The molecule has 1 heterocycles. The summed E-state index contributed by atoms with van der Waals surface area (Å²) in [6, 6.07) is 2.84. The molecular formula is C10H10F6N3OP. The van der Waals surface area contributed by atoms with Crippen LogP contribution in [-0.2, 0) is 6.42 Å². The van der Waals surface area contributed by atoms with Crippen molar-refractivity contribution in [3.8, 4) is 0 Å². The molecule has 2 unspecified atom stereocenters. The Morgan fingerprint density at radius 3 is 2.29 bits per heavy atom. The molecule has 0 aliphatic heterocycles. The second kappa shape index (κ2) is 4.63. The first kappa shape index (κ1) is 17.3. The summed E-state index contributed by atoms with van der Waals surface area (Å²) in [6.07, 6.45) is 2.37. The summed E-state index contributed by atoms with van der Waals surface area (Å²) < 4.78 is 59.2. The average Bonchev–Trinajstić information content (AvgIpc) is 2.25. The number of hydrogen-bond donors (Lipinski definition) is 0. The monoisotopic (exact) mass is 333 g/mol. The molecule has 1 aromatic rings. The van der Waals surface area contributed by atoms with E-state index in [9.17, 15) is 30.0 Å². The Hall–Kier alpha value is -1.75. The van der Waals surface area contributed by atoms with Crippen LogP contribution >= 0.6 is 7.81 Å². The number of hydrogen-bond acceptors (Lipinski definition) is 3. The summed E-state index contributed by atoms with van der Waals surface area (Å²) in [7, 11) is -10.7. The summed E-state index contributed by atoms with van der Waals surface area (Å²) in [5.74, 6) is -0.107. The van der Waals surface area contributed by atoms with Crippen LogP contribution in [0.25, 0.3) is 4.98 Å². The van der Waals surface area contributed by atoms with E-state index in [1.54, 1.807) is 18.3 Å². The topological polar surface area (TPSA) is 58.1 Å². The van der Waals surface area contributed by atoms with Crippen LogP contribution < -0.4 is 0 Å². The number of rotatable bonds is 0. The molecule has 2 atom stereocenters. The standard InChI is InChI=1S/C10H10N3O.F6P/c1-6-5-8-7(3-2-4-12-8)10(14)9(6)13-11;1-7(2,3,4,5)6/h2-4,6,9H,5H2,1H3;/q+1;-1. The van der Waals surface area contributed by atoms with Crippen LogP contribution in [0.15, 0.2) is 18.3 Å². The molecule has 0 saturated heterocycles. The fraction of sp³-hybridized carbons (Fsp3) is 0.400. The fourth-order valence-corrected chi connectivity index (χ4v) is 1.83. The van der Waals surface area contributed by atoms with Gasteiger partial charge in [-0.2, -0.15) is 0 Å². The minimum atomic E-state index is -10.7. The van der Waals surface area contributed by atoms with Gasteiger partial charge in [-0.15, -0.1) is 0 Å². The predicted molar refractivity (Wildman–Crippen MR) is 63.9 cm³/mol. The Morgan fingerprint density at radius 2 is 1.81 bits per heavy atom. The van der Waals surface area contributed by atoms with Gasteiger partial charge in [-0.25, -0.2) is 0 Å². The third kappa shape index (κ3) is 6.49. The molecule has 0 N–H and O–H groups in total. The summed E-state index contributed by atoms with van der Waals surface area (Å²) in [5.41, 5.74) is 1.40. The molecule has 118 valence electrons. The van der Waals surface area contributed by atoms with E-state index in [-0.39, 0.29) is 11.7 Å². The van der Waals surface area contributed by atoms with Crippen LogP contribution in [-0.4, -0.2) is 16.8 Å². The van der Waals surface area contributed by atoms with E-state index in [0.29, 0.717) is 12.0 Å². The van der Waals surface area contributed by atoms with Crippen molar-refractivity contribution in [3.63, 3.8) is 0 Å². The predicted octanol–water partition coefficient (Wildman–Crippen LogP) is 5.06. The van der Waals surface area contributed by atoms with Crippen LogP contribution in [0.5, 0.6) is 0 Å². The van der Waals surface area contributed by atoms with Crippen LogP contribution in [0, 0.1) is 11.3 Å². The van der Waals surface area contributed by atoms with Gasteiger partial charge in [0, 0.05) is 18.2 Å². The first-order valence-corrected chi connectivity index (χ1v) is 7.60. The summed E-state index contributed by atoms with van der Waals surface area (Å²) in [5, 5.41) is 8.74. The van der Waals surface area contributed by atoms with Gasteiger partial charge in [-0.05, 0) is 12.1 Å². The van der Waals surface area contributed by atoms with Crippen LogP contribution in [0.4, 0.5) is 25.2 Å². The van der Waals surface area contributed by atoms with E-state index >= 15 is 0 Å². The molecule has 2 rings (SSSR count). The molecule has 1 aliphatic carbocycles. The third-order valence-corrected chi connectivity index (χ3v) is 2.60. The van der Waals surface area contributed by atoms with Crippen molar-refractivity contribution in [2.45, 2.75) is 19.4 Å². The normalized spacial score (nSPS) is 24.6. The molecule has 0 radical (unpaired) electrons. The zero-order valence-corrected chi connectivity index (χ0v) is 11.5. The number of halogens is 6. The van der Waals surface area contributed by atoms with Crippen LogP contribution in [0.1, 0.15) is 23.0 Å². The number of Topliss-reactive ketones (excluding diaryl/α,β-unsaturated/α-hetero) is 1. The Kier molecular flexibility index (Phi) is 3.81. The maximum atomic E-state index is 11.8. The summed E-state index contributed by atoms with van der Waals surface area (Å²) >= 11 is 0. The first-order valence-electron chi connectivity index (χ1n) is 5.57. The van der Waals surface area contributed by atoms with Gasteiger partial charge in [0.05, 0.1) is 11.6 Å². The van der Waals surface area contributed by atoms with Gasteiger partial charge < -0.3 is 0 Å². The number of carbonyl (C=O) groups excluding carboxylic acids is 1. The Morgan fingerprint density at radius 1 is 1.29 bits per heavy atom. The number of diazo groups is 1. The Labute approximate surface area is 115 Å². The number of fused-ring (bicyclic) bond motifs is 1. The van der Waals surface area contributed by atoms with Gasteiger partial charge in [0.15, 0.2) is 0 Å². The van der Waals surface area contributed by atoms with Crippen molar-refractivity contribution in [2.24, 2.45) is 5.92 Å². The molecule has 21 heavy (non-hydrogen) atoms. The van der Waals surface area contributed by atoms with Gasteiger partial charge in [0.1, 0.15) is 4.98 Å². The van der Waals surface area contributed by atoms with E-state index in [0.717, 1.165) is 5.69 Å². The Bertz CT molecular complexity index is 597. The van der Waals surface area contributed by atoms with Crippen molar-refractivity contribution in [1.82, 2.24) is 4.98 Å². The van der Waals surface area contributed by atoms with Crippen LogP contribution in [0.2, 0.25) is 0 Å². The molecule has 0 spiro atoms.